The van der Waals surface area contributed by atoms with Crippen LogP contribution in [0.2, 0.25) is 0 Å². The van der Waals surface area contributed by atoms with Crippen molar-refractivity contribution in [3.8, 4) is 0 Å². The van der Waals surface area contributed by atoms with Crippen molar-refractivity contribution in [3.05, 3.63) is 59.2 Å². The highest BCUT2D eigenvalue weighted by Crippen LogP contribution is 2.26. The molecular weight excluding hydrogens is 362 g/mol. The molecule has 2 aromatic carbocycles. The number of sulfonamides is 1. The molecule has 2 N–H and O–H groups in total. The van der Waals surface area contributed by atoms with Crippen LogP contribution in [-0.2, 0) is 16.6 Å². The summed E-state index contributed by atoms with van der Waals surface area (Å²) >= 11 is 0. The molecule has 1 saturated heterocycles. The fraction of sp³-hybridized carbons (Fsp3) is 0.350. The lowest BCUT2D eigenvalue weighted by Crippen LogP contribution is -2.25. The van der Waals surface area contributed by atoms with Crippen LogP contribution in [0.25, 0.3) is 0 Å². The number of nitrogens with one attached hydrogen (secondary N) is 2. The quantitative estimate of drug-likeness (QED) is 0.799. The summed E-state index contributed by atoms with van der Waals surface area (Å²) < 4.78 is 25.6. The number of hydrogen-bond acceptors (Lipinski definition) is 4. The summed E-state index contributed by atoms with van der Waals surface area (Å²) in [6, 6.07) is 12.9. The van der Waals surface area contributed by atoms with E-state index >= 15 is 0 Å². The molecule has 144 valence electrons. The molecule has 0 aromatic heterocycles. The van der Waals surface area contributed by atoms with Gasteiger partial charge >= 0.3 is 0 Å². The maximum absolute atomic E-state index is 12.8. The van der Waals surface area contributed by atoms with E-state index in [9.17, 15) is 13.2 Å². The molecule has 0 bridgehead atoms. The Labute approximate surface area is 160 Å². The molecule has 1 heterocycles. The summed E-state index contributed by atoms with van der Waals surface area (Å²) in [4.78, 5) is 12.8. The standard InChI is InChI=1S/C20H25N3O3S/c1-3-21-14-16-7-4-5-8-19(16)22-20(24)18-10-9-17(13-15(18)2)23-11-6-12-27(23,25)26/h4-5,7-10,13,21H,3,6,11-12,14H2,1-2H3,(H,22,24). The lowest BCUT2D eigenvalue weighted by atomic mass is 10.1. The molecule has 0 radical (unpaired) electrons. The molecule has 27 heavy (non-hydrogen) atoms. The number of rotatable bonds is 6. The predicted molar refractivity (Wildman–Crippen MR) is 109 cm³/mol. The highest BCUT2D eigenvalue weighted by atomic mass is 32.2. The Morgan fingerprint density at radius 2 is 1.96 bits per heavy atom. The predicted octanol–water partition coefficient (Wildman–Crippen LogP) is 2.90. The summed E-state index contributed by atoms with van der Waals surface area (Å²) in [6.45, 7) is 5.88. The van der Waals surface area contributed by atoms with Gasteiger partial charge < -0.3 is 10.6 Å². The number of amides is 1. The smallest absolute Gasteiger partial charge is 0.255 e. The topological polar surface area (TPSA) is 78.5 Å². The second kappa shape index (κ2) is 8.10. The summed E-state index contributed by atoms with van der Waals surface area (Å²) in [7, 11) is -3.23. The van der Waals surface area contributed by atoms with Crippen LogP contribution < -0.4 is 14.9 Å². The Bertz CT molecular complexity index is 941. The number of benzene rings is 2. The second-order valence-electron chi connectivity index (χ2n) is 6.63. The first-order chi connectivity index (χ1) is 12.9. The van der Waals surface area contributed by atoms with Gasteiger partial charge in [-0.2, -0.15) is 0 Å². The van der Waals surface area contributed by atoms with Gasteiger partial charge in [0.25, 0.3) is 5.91 Å². The van der Waals surface area contributed by atoms with Crippen LogP contribution in [0.5, 0.6) is 0 Å². The number of aryl methyl sites for hydroxylation is 1. The summed E-state index contributed by atoms with van der Waals surface area (Å²) in [5.41, 5.74) is 3.69. The molecule has 0 spiro atoms. The Kier molecular flexibility index (Phi) is 5.82. The zero-order valence-corrected chi connectivity index (χ0v) is 16.5. The lowest BCUT2D eigenvalue weighted by Gasteiger charge is -2.18. The highest BCUT2D eigenvalue weighted by molar-refractivity contribution is 7.93. The molecule has 0 unspecified atom stereocenters. The van der Waals surface area contributed by atoms with E-state index in [1.54, 1.807) is 18.2 Å². The zero-order valence-electron chi connectivity index (χ0n) is 15.7. The summed E-state index contributed by atoms with van der Waals surface area (Å²) in [5.74, 6) is -0.0241. The monoisotopic (exact) mass is 387 g/mol. The summed E-state index contributed by atoms with van der Waals surface area (Å²) in [5, 5.41) is 6.23. The van der Waals surface area contributed by atoms with Crippen molar-refractivity contribution in [1.82, 2.24) is 5.32 Å². The van der Waals surface area contributed by atoms with Crippen molar-refractivity contribution < 1.29 is 13.2 Å². The van der Waals surface area contributed by atoms with Crippen molar-refractivity contribution in [3.63, 3.8) is 0 Å². The van der Waals surface area contributed by atoms with Gasteiger partial charge in [0.2, 0.25) is 10.0 Å². The van der Waals surface area contributed by atoms with Crippen LogP contribution in [0.4, 0.5) is 11.4 Å². The number of hydrogen-bond donors (Lipinski definition) is 2. The minimum atomic E-state index is -3.23. The molecule has 1 amide bonds. The summed E-state index contributed by atoms with van der Waals surface area (Å²) in [6.07, 6.45) is 0.631. The fourth-order valence-electron chi connectivity index (χ4n) is 3.23. The first-order valence-electron chi connectivity index (χ1n) is 9.13. The van der Waals surface area contributed by atoms with Crippen LogP contribution in [-0.4, -0.2) is 33.2 Å². The first kappa shape index (κ1) is 19.4. The molecular formula is C20H25N3O3S. The van der Waals surface area contributed by atoms with E-state index in [0.29, 0.717) is 30.8 Å². The third kappa shape index (κ3) is 4.31. The largest absolute Gasteiger partial charge is 0.322 e. The Hall–Kier alpha value is -2.38. The SMILES string of the molecule is CCNCc1ccccc1NC(=O)c1ccc(N2CCCS2(=O)=O)cc1C. The number of para-hydroxylation sites is 1. The van der Waals surface area contributed by atoms with Gasteiger partial charge in [0.05, 0.1) is 11.4 Å². The van der Waals surface area contributed by atoms with Gasteiger partial charge in [-0.05, 0) is 55.3 Å². The van der Waals surface area contributed by atoms with E-state index < -0.39 is 10.0 Å². The van der Waals surface area contributed by atoms with Gasteiger partial charge in [-0.1, -0.05) is 25.1 Å². The van der Waals surface area contributed by atoms with Gasteiger partial charge in [-0.25, -0.2) is 8.42 Å². The van der Waals surface area contributed by atoms with Gasteiger partial charge in [0.15, 0.2) is 0 Å². The average molecular weight is 388 g/mol. The van der Waals surface area contributed by atoms with Gasteiger partial charge in [-0.15, -0.1) is 0 Å². The Morgan fingerprint density at radius 1 is 1.19 bits per heavy atom. The molecule has 0 atom stereocenters. The number of anilines is 2. The molecule has 1 aliphatic heterocycles. The van der Waals surface area contributed by atoms with Crippen LogP contribution in [0.3, 0.4) is 0 Å². The minimum absolute atomic E-state index is 0.177. The van der Waals surface area contributed by atoms with Crippen molar-refractivity contribution in [2.24, 2.45) is 0 Å². The normalized spacial score (nSPS) is 15.7. The third-order valence-electron chi connectivity index (χ3n) is 4.67. The second-order valence-corrected chi connectivity index (χ2v) is 8.65. The molecule has 0 aliphatic carbocycles. The van der Waals surface area contributed by atoms with Crippen molar-refractivity contribution in [2.45, 2.75) is 26.8 Å². The van der Waals surface area contributed by atoms with E-state index in [4.69, 9.17) is 0 Å². The van der Waals surface area contributed by atoms with E-state index in [2.05, 4.69) is 10.6 Å². The Balaban J connectivity index is 1.80. The molecule has 6 nitrogen and oxygen atoms in total. The maximum Gasteiger partial charge on any atom is 0.255 e. The van der Waals surface area contributed by atoms with Gasteiger partial charge in [-0.3, -0.25) is 9.10 Å². The van der Waals surface area contributed by atoms with E-state index in [-0.39, 0.29) is 11.7 Å². The molecule has 0 saturated carbocycles. The number of carbonyl (C=O) groups is 1. The van der Waals surface area contributed by atoms with Gasteiger partial charge in [0, 0.05) is 24.3 Å². The molecule has 1 fully saturated rings. The minimum Gasteiger partial charge on any atom is -0.322 e. The van der Waals surface area contributed by atoms with E-state index in [0.717, 1.165) is 23.4 Å². The molecule has 7 heteroatoms. The molecule has 3 rings (SSSR count). The number of carbonyl (C=O) groups excluding carboxylic acids is 1. The first-order valence-corrected chi connectivity index (χ1v) is 10.7. The van der Waals surface area contributed by atoms with Crippen LogP contribution in [0.15, 0.2) is 42.5 Å². The van der Waals surface area contributed by atoms with Crippen molar-refractivity contribution >= 4 is 27.3 Å². The lowest BCUT2D eigenvalue weighted by molar-refractivity contribution is 0.102. The Morgan fingerprint density at radius 3 is 2.63 bits per heavy atom. The van der Waals surface area contributed by atoms with Crippen LogP contribution >= 0.6 is 0 Å². The fourth-order valence-corrected chi connectivity index (χ4v) is 4.79. The third-order valence-corrected chi connectivity index (χ3v) is 6.54. The van der Waals surface area contributed by atoms with Crippen LogP contribution in [0, 0.1) is 6.92 Å². The van der Waals surface area contributed by atoms with Gasteiger partial charge in [0.1, 0.15) is 0 Å². The van der Waals surface area contributed by atoms with E-state index in [1.165, 1.54) is 4.31 Å². The maximum atomic E-state index is 12.8. The van der Waals surface area contributed by atoms with Crippen molar-refractivity contribution in [2.75, 3.05) is 28.5 Å². The van der Waals surface area contributed by atoms with E-state index in [1.807, 2.05) is 38.1 Å². The molecule has 1 aliphatic rings. The number of nitrogens with zero attached hydrogens (tertiary/aromatic N) is 1. The molecule has 2 aromatic rings. The highest BCUT2D eigenvalue weighted by Gasteiger charge is 2.28. The zero-order chi connectivity index (χ0) is 19.4. The van der Waals surface area contributed by atoms with Crippen molar-refractivity contribution in [1.29, 1.82) is 0 Å². The van der Waals surface area contributed by atoms with Crippen LogP contribution in [0.1, 0.15) is 34.8 Å². The average Bonchev–Trinajstić information content (AvgIpc) is 3.00.